The number of nitrogens with one attached hydrogen (secondary N) is 1. The van der Waals surface area contributed by atoms with Crippen molar-refractivity contribution in [2.45, 2.75) is 38.3 Å². The van der Waals surface area contributed by atoms with Gasteiger partial charge < -0.3 is 15.0 Å². The van der Waals surface area contributed by atoms with Crippen LogP contribution in [0.4, 0.5) is 5.69 Å². The van der Waals surface area contributed by atoms with Crippen LogP contribution in [0.5, 0.6) is 5.75 Å². The maximum Gasteiger partial charge on any atom is 0.264 e. The lowest BCUT2D eigenvalue weighted by molar-refractivity contribution is -0.139. The van der Waals surface area contributed by atoms with Crippen LogP contribution in [0, 0.1) is 13.8 Å². The minimum Gasteiger partial charge on any atom is -0.497 e. The molecular weight excluding hydrogens is 490 g/mol. The summed E-state index contributed by atoms with van der Waals surface area (Å²) in [4.78, 5) is 27.7. The molecule has 0 saturated heterocycles. The van der Waals surface area contributed by atoms with Crippen LogP contribution < -0.4 is 14.4 Å². The molecule has 9 heteroatoms. The quantitative estimate of drug-likeness (QED) is 0.438. The monoisotopic (exact) mass is 523 g/mol. The first kappa shape index (κ1) is 27.7. The Morgan fingerprint density at radius 3 is 2.16 bits per heavy atom. The molecule has 0 bridgehead atoms. The molecule has 0 fully saturated rings. The average molecular weight is 524 g/mol. The molecule has 0 radical (unpaired) electrons. The summed E-state index contributed by atoms with van der Waals surface area (Å²) in [7, 11) is -1.09. The normalized spacial score (nSPS) is 11.9. The van der Waals surface area contributed by atoms with E-state index in [0.717, 1.165) is 21.0 Å². The van der Waals surface area contributed by atoms with E-state index in [1.807, 2.05) is 38.1 Å². The van der Waals surface area contributed by atoms with Crippen molar-refractivity contribution >= 4 is 27.5 Å². The number of rotatable bonds is 10. The van der Waals surface area contributed by atoms with Gasteiger partial charge in [-0.3, -0.25) is 13.9 Å². The molecule has 0 heterocycles. The van der Waals surface area contributed by atoms with Gasteiger partial charge in [0.05, 0.1) is 17.7 Å². The second-order valence-corrected chi connectivity index (χ2v) is 10.7. The van der Waals surface area contributed by atoms with Crippen molar-refractivity contribution in [3.05, 3.63) is 89.5 Å². The summed E-state index contributed by atoms with van der Waals surface area (Å²) in [5.74, 6) is -0.306. The topological polar surface area (TPSA) is 96.0 Å². The zero-order chi connectivity index (χ0) is 27.2. The Labute approximate surface area is 218 Å². The van der Waals surface area contributed by atoms with Crippen molar-refractivity contribution in [1.82, 2.24) is 10.2 Å². The molecule has 3 rings (SSSR count). The maximum absolute atomic E-state index is 13.8. The van der Waals surface area contributed by atoms with E-state index >= 15 is 0 Å². The number of carbonyl (C=O) groups excluding carboxylic acids is 2. The Balaban J connectivity index is 2.03. The van der Waals surface area contributed by atoms with Crippen molar-refractivity contribution in [3.63, 3.8) is 0 Å². The van der Waals surface area contributed by atoms with Crippen LogP contribution in [0.25, 0.3) is 0 Å². The van der Waals surface area contributed by atoms with Crippen LogP contribution >= 0.6 is 0 Å². The van der Waals surface area contributed by atoms with Gasteiger partial charge in [-0.1, -0.05) is 47.5 Å². The van der Waals surface area contributed by atoms with E-state index in [9.17, 15) is 18.0 Å². The number of anilines is 1. The van der Waals surface area contributed by atoms with E-state index < -0.39 is 28.5 Å². The molecule has 8 nitrogen and oxygen atoms in total. The minimum absolute atomic E-state index is 0.0614. The maximum atomic E-state index is 13.8. The first-order valence-electron chi connectivity index (χ1n) is 11.9. The van der Waals surface area contributed by atoms with Crippen LogP contribution in [0.3, 0.4) is 0 Å². The molecule has 196 valence electrons. The van der Waals surface area contributed by atoms with Gasteiger partial charge in [0.1, 0.15) is 18.3 Å². The van der Waals surface area contributed by atoms with E-state index in [2.05, 4.69) is 5.32 Å². The van der Waals surface area contributed by atoms with E-state index in [-0.39, 0.29) is 17.3 Å². The summed E-state index contributed by atoms with van der Waals surface area (Å²) in [5.41, 5.74) is 3.06. The molecule has 0 aromatic heterocycles. The average Bonchev–Trinajstić information content (AvgIpc) is 2.89. The fourth-order valence-corrected chi connectivity index (χ4v) is 5.33. The standard InChI is InChI=1S/C28H33N3O5S/c1-20-9-15-26(16-10-20)37(34,35)31(24-11-13-25(36-5)14-12-24)19-27(32)30(22(3)28(33)29-4)18-23-8-6-7-21(2)17-23/h6-17,22H,18-19H2,1-5H3,(H,29,33)/t22-/m1/s1. The molecule has 1 N–H and O–H groups in total. The number of hydrogen-bond acceptors (Lipinski definition) is 5. The molecule has 0 aliphatic rings. The van der Waals surface area contributed by atoms with Gasteiger partial charge in [0.2, 0.25) is 11.8 Å². The highest BCUT2D eigenvalue weighted by Gasteiger charge is 2.32. The number of methoxy groups -OCH3 is 1. The Hall–Kier alpha value is -3.85. The van der Waals surface area contributed by atoms with Gasteiger partial charge in [-0.2, -0.15) is 0 Å². The predicted octanol–water partition coefficient (Wildman–Crippen LogP) is 3.67. The molecular formula is C28H33N3O5S. The van der Waals surface area contributed by atoms with Crippen molar-refractivity contribution in [3.8, 4) is 5.75 Å². The SMILES string of the molecule is CNC(=O)[C@@H](C)N(Cc1cccc(C)c1)C(=O)CN(c1ccc(OC)cc1)S(=O)(=O)c1ccc(C)cc1. The largest absolute Gasteiger partial charge is 0.497 e. The molecule has 0 aliphatic heterocycles. The number of likely N-dealkylation sites (N-methyl/N-ethyl adjacent to an activating group) is 1. The van der Waals surface area contributed by atoms with Gasteiger partial charge in [-0.25, -0.2) is 8.42 Å². The second kappa shape index (κ2) is 11.9. The predicted molar refractivity (Wildman–Crippen MR) is 144 cm³/mol. The summed E-state index contributed by atoms with van der Waals surface area (Å²) in [6.07, 6.45) is 0. The molecule has 0 spiro atoms. The van der Waals surface area contributed by atoms with E-state index in [1.54, 1.807) is 43.3 Å². The van der Waals surface area contributed by atoms with Crippen molar-refractivity contribution < 1.29 is 22.7 Å². The molecule has 0 aliphatic carbocycles. The lowest BCUT2D eigenvalue weighted by Crippen LogP contribution is -2.50. The van der Waals surface area contributed by atoms with E-state index in [1.165, 1.54) is 31.2 Å². The number of nitrogens with zero attached hydrogens (tertiary/aromatic N) is 2. The highest BCUT2D eigenvalue weighted by molar-refractivity contribution is 7.92. The minimum atomic E-state index is -4.11. The van der Waals surface area contributed by atoms with Crippen LogP contribution in [-0.2, 0) is 26.2 Å². The van der Waals surface area contributed by atoms with Crippen molar-refractivity contribution in [2.75, 3.05) is 25.0 Å². The lowest BCUT2D eigenvalue weighted by Gasteiger charge is -2.32. The van der Waals surface area contributed by atoms with Gasteiger partial charge in [0.15, 0.2) is 0 Å². The number of carbonyl (C=O) groups is 2. The van der Waals surface area contributed by atoms with Crippen molar-refractivity contribution in [2.24, 2.45) is 0 Å². The number of amides is 2. The summed E-state index contributed by atoms with van der Waals surface area (Å²) in [6, 6.07) is 19.7. The van der Waals surface area contributed by atoms with Gasteiger partial charge in [-0.15, -0.1) is 0 Å². The summed E-state index contributed by atoms with van der Waals surface area (Å²) < 4.78 is 33.8. The van der Waals surface area contributed by atoms with Crippen LogP contribution in [0.2, 0.25) is 0 Å². The number of sulfonamides is 1. The number of benzene rings is 3. The van der Waals surface area contributed by atoms with Crippen LogP contribution in [0.15, 0.2) is 77.7 Å². The highest BCUT2D eigenvalue weighted by Crippen LogP contribution is 2.27. The zero-order valence-electron chi connectivity index (χ0n) is 21.8. The third-order valence-corrected chi connectivity index (χ3v) is 7.89. The number of hydrogen-bond donors (Lipinski definition) is 1. The highest BCUT2D eigenvalue weighted by atomic mass is 32.2. The second-order valence-electron chi connectivity index (χ2n) is 8.82. The molecule has 0 unspecified atom stereocenters. The third-order valence-electron chi connectivity index (χ3n) is 6.10. The zero-order valence-corrected chi connectivity index (χ0v) is 22.6. The number of ether oxygens (including phenoxy) is 1. The fourth-order valence-electron chi connectivity index (χ4n) is 3.91. The molecule has 3 aromatic rings. The smallest absolute Gasteiger partial charge is 0.264 e. The first-order valence-corrected chi connectivity index (χ1v) is 13.3. The van der Waals surface area contributed by atoms with Gasteiger partial charge in [-0.05, 0) is 62.7 Å². The number of aryl methyl sites for hydroxylation is 2. The third kappa shape index (κ3) is 6.68. The van der Waals surface area contributed by atoms with Crippen LogP contribution in [-0.4, -0.2) is 51.9 Å². The lowest BCUT2D eigenvalue weighted by atomic mass is 10.1. The summed E-state index contributed by atoms with van der Waals surface area (Å²) >= 11 is 0. The summed E-state index contributed by atoms with van der Waals surface area (Å²) in [6.45, 7) is 5.09. The Bertz CT molecular complexity index is 1340. The molecule has 37 heavy (non-hydrogen) atoms. The van der Waals surface area contributed by atoms with Gasteiger partial charge in [0.25, 0.3) is 10.0 Å². The molecule has 2 amide bonds. The molecule has 0 saturated carbocycles. The van der Waals surface area contributed by atoms with E-state index in [4.69, 9.17) is 4.74 Å². The van der Waals surface area contributed by atoms with Gasteiger partial charge >= 0.3 is 0 Å². The fraction of sp³-hybridized carbons (Fsp3) is 0.286. The Morgan fingerprint density at radius 2 is 1.59 bits per heavy atom. The summed E-state index contributed by atoms with van der Waals surface area (Å²) in [5, 5.41) is 2.58. The molecule has 1 atom stereocenters. The van der Waals surface area contributed by atoms with E-state index in [0.29, 0.717) is 11.4 Å². The van der Waals surface area contributed by atoms with Gasteiger partial charge in [0, 0.05) is 13.6 Å². The Morgan fingerprint density at radius 1 is 0.946 bits per heavy atom. The molecule has 3 aromatic carbocycles. The Kier molecular flexibility index (Phi) is 8.94. The first-order chi connectivity index (χ1) is 17.6. The van der Waals surface area contributed by atoms with Crippen molar-refractivity contribution in [1.29, 1.82) is 0 Å². The van der Waals surface area contributed by atoms with Crippen LogP contribution in [0.1, 0.15) is 23.6 Å².